The van der Waals surface area contributed by atoms with E-state index in [9.17, 15) is 4.79 Å². The molecule has 0 spiro atoms. The second-order valence-corrected chi connectivity index (χ2v) is 6.99. The first kappa shape index (κ1) is 20.0. The number of ether oxygens (including phenoxy) is 2. The van der Waals surface area contributed by atoms with Crippen molar-refractivity contribution in [2.75, 3.05) is 39.9 Å². The number of carbonyl (C=O) groups excluding carboxylic acids is 1. The molecule has 0 bridgehead atoms. The highest BCUT2D eigenvalue weighted by atomic mass is 35.5. The van der Waals surface area contributed by atoms with Gasteiger partial charge in [-0.2, -0.15) is 5.26 Å². The van der Waals surface area contributed by atoms with Gasteiger partial charge in [0.25, 0.3) is 5.91 Å². The summed E-state index contributed by atoms with van der Waals surface area (Å²) in [5.41, 5.74) is 1.69. The van der Waals surface area contributed by atoms with E-state index in [2.05, 4.69) is 4.90 Å². The van der Waals surface area contributed by atoms with Gasteiger partial charge >= 0.3 is 0 Å². The van der Waals surface area contributed by atoms with Crippen LogP contribution in [0.1, 0.15) is 11.1 Å². The zero-order valence-electron chi connectivity index (χ0n) is 15.7. The summed E-state index contributed by atoms with van der Waals surface area (Å²) in [7, 11) is 1.51. The molecule has 2 aromatic carbocycles. The lowest BCUT2D eigenvalue weighted by Crippen LogP contribution is -2.49. The maximum Gasteiger partial charge on any atom is 0.260 e. The minimum Gasteiger partial charge on any atom is -0.493 e. The number of hydrogen-bond donors (Lipinski definition) is 0. The number of methoxy groups -OCH3 is 1. The Morgan fingerprint density at radius 2 is 1.82 bits per heavy atom. The monoisotopic (exact) mass is 399 g/mol. The number of rotatable bonds is 6. The SMILES string of the molecule is COc1cc(C#N)ccc1OCC(=O)N1CCN(Cc2ccc(Cl)cc2)CC1. The van der Waals surface area contributed by atoms with Crippen LogP contribution in [0.25, 0.3) is 0 Å². The molecule has 3 rings (SSSR count). The molecular weight excluding hydrogens is 378 g/mol. The standard InChI is InChI=1S/C21H22ClN3O3/c1-27-20-12-17(13-23)4-7-19(20)28-15-21(26)25-10-8-24(9-11-25)14-16-2-5-18(22)6-3-16/h2-7,12H,8-11,14-15H2,1H3. The van der Waals surface area contributed by atoms with Crippen LogP contribution in [0.2, 0.25) is 5.02 Å². The Kier molecular flexibility index (Phi) is 6.75. The van der Waals surface area contributed by atoms with Crippen LogP contribution in [0, 0.1) is 11.3 Å². The van der Waals surface area contributed by atoms with Crippen LogP contribution >= 0.6 is 11.6 Å². The fourth-order valence-electron chi connectivity index (χ4n) is 3.09. The summed E-state index contributed by atoms with van der Waals surface area (Å²) in [5, 5.41) is 9.68. The van der Waals surface area contributed by atoms with E-state index in [0.717, 1.165) is 24.7 Å². The highest BCUT2D eigenvalue weighted by Gasteiger charge is 2.22. The van der Waals surface area contributed by atoms with Gasteiger partial charge in [-0.3, -0.25) is 9.69 Å². The number of piperazine rings is 1. The molecule has 0 unspecified atom stereocenters. The molecular formula is C21H22ClN3O3. The Hall–Kier alpha value is -2.75. The molecule has 28 heavy (non-hydrogen) atoms. The summed E-state index contributed by atoms with van der Waals surface area (Å²) >= 11 is 5.92. The molecule has 1 fully saturated rings. The topological polar surface area (TPSA) is 65.8 Å². The fourth-order valence-corrected chi connectivity index (χ4v) is 3.22. The summed E-state index contributed by atoms with van der Waals surface area (Å²) in [6.45, 7) is 3.75. The first-order chi connectivity index (χ1) is 13.6. The van der Waals surface area contributed by atoms with Crippen LogP contribution in [0.5, 0.6) is 11.5 Å². The smallest absolute Gasteiger partial charge is 0.260 e. The van der Waals surface area contributed by atoms with Crippen molar-refractivity contribution in [2.45, 2.75) is 6.54 Å². The third-order valence-electron chi connectivity index (χ3n) is 4.69. The lowest BCUT2D eigenvalue weighted by Gasteiger charge is -2.34. The van der Waals surface area contributed by atoms with Crippen molar-refractivity contribution < 1.29 is 14.3 Å². The first-order valence-electron chi connectivity index (χ1n) is 9.04. The number of nitriles is 1. The van der Waals surface area contributed by atoms with Crippen molar-refractivity contribution in [3.8, 4) is 17.6 Å². The van der Waals surface area contributed by atoms with E-state index in [1.165, 1.54) is 12.7 Å². The van der Waals surface area contributed by atoms with Crippen molar-refractivity contribution >= 4 is 17.5 Å². The molecule has 0 aromatic heterocycles. The van der Waals surface area contributed by atoms with Crippen LogP contribution in [0.15, 0.2) is 42.5 Å². The van der Waals surface area contributed by atoms with Crippen molar-refractivity contribution in [3.05, 3.63) is 58.6 Å². The Labute approximate surface area is 169 Å². The molecule has 1 heterocycles. The first-order valence-corrected chi connectivity index (χ1v) is 9.42. The lowest BCUT2D eigenvalue weighted by atomic mass is 10.2. The van der Waals surface area contributed by atoms with E-state index in [-0.39, 0.29) is 12.5 Å². The molecule has 1 saturated heterocycles. The molecule has 0 saturated carbocycles. The van der Waals surface area contributed by atoms with E-state index in [1.807, 2.05) is 35.2 Å². The highest BCUT2D eigenvalue weighted by molar-refractivity contribution is 6.30. The van der Waals surface area contributed by atoms with Crippen molar-refractivity contribution in [3.63, 3.8) is 0 Å². The van der Waals surface area contributed by atoms with Gasteiger partial charge in [-0.25, -0.2) is 0 Å². The number of carbonyl (C=O) groups is 1. The zero-order valence-corrected chi connectivity index (χ0v) is 16.5. The summed E-state index contributed by atoms with van der Waals surface area (Å²) in [5.74, 6) is 0.841. The second kappa shape index (κ2) is 9.45. The molecule has 6 nitrogen and oxygen atoms in total. The van der Waals surface area contributed by atoms with Crippen LogP contribution < -0.4 is 9.47 Å². The lowest BCUT2D eigenvalue weighted by molar-refractivity contribution is -0.135. The molecule has 0 aliphatic carbocycles. The molecule has 1 aliphatic heterocycles. The predicted octanol–water partition coefficient (Wildman–Crippen LogP) is 2.94. The maximum absolute atomic E-state index is 12.5. The van der Waals surface area contributed by atoms with Gasteiger partial charge < -0.3 is 14.4 Å². The number of amides is 1. The minimum atomic E-state index is -0.0578. The third-order valence-corrected chi connectivity index (χ3v) is 4.94. The molecule has 0 N–H and O–H groups in total. The van der Waals surface area contributed by atoms with Crippen molar-refractivity contribution in [1.82, 2.24) is 9.80 Å². The van der Waals surface area contributed by atoms with Gasteiger partial charge in [-0.1, -0.05) is 23.7 Å². The van der Waals surface area contributed by atoms with Gasteiger partial charge in [0.2, 0.25) is 0 Å². The van der Waals surface area contributed by atoms with Crippen LogP contribution in [0.4, 0.5) is 0 Å². The molecule has 0 radical (unpaired) electrons. The highest BCUT2D eigenvalue weighted by Crippen LogP contribution is 2.27. The number of benzene rings is 2. The van der Waals surface area contributed by atoms with E-state index in [1.54, 1.807) is 18.2 Å². The summed E-state index contributed by atoms with van der Waals surface area (Å²) in [6, 6.07) is 14.8. The quantitative estimate of drug-likeness (QED) is 0.747. The third kappa shape index (κ3) is 5.16. The molecule has 1 amide bonds. The van der Waals surface area contributed by atoms with Gasteiger partial charge in [0.05, 0.1) is 18.7 Å². The predicted molar refractivity (Wildman–Crippen MR) is 107 cm³/mol. The number of nitrogens with zero attached hydrogens (tertiary/aromatic N) is 3. The van der Waals surface area contributed by atoms with Crippen LogP contribution in [-0.2, 0) is 11.3 Å². The Balaban J connectivity index is 1.48. The number of hydrogen-bond acceptors (Lipinski definition) is 5. The van der Waals surface area contributed by atoms with Crippen LogP contribution in [-0.4, -0.2) is 55.6 Å². The van der Waals surface area contributed by atoms with Gasteiger partial charge in [-0.15, -0.1) is 0 Å². The van der Waals surface area contributed by atoms with E-state index in [4.69, 9.17) is 26.3 Å². The normalized spacial score (nSPS) is 14.4. The molecule has 2 aromatic rings. The second-order valence-electron chi connectivity index (χ2n) is 6.55. The average Bonchev–Trinajstić information content (AvgIpc) is 2.74. The Morgan fingerprint density at radius 3 is 2.46 bits per heavy atom. The van der Waals surface area contributed by atoms with Crippen molar-refractivity contribution in [1.29, 1.82) is 5.26 Å². The Morgan fingerprint density at radius 1 is 1.11 bits per heavy atom. The Bertz CT molecular complexity index is 856. The van der Waals surface area contributed by atoms with Crippen molar-refractivity contribution in [2.24, 2.45) is 0 Å². The van der Waals surface area contributed by atoms with Crippen LogP contribution in [0.3, 0.4) is 0 Å². The molecule has 0 atom stereocenters. The summed E-state index contributed by atoms with van der Waals surface area (Å²) < 4.78 is 10.9. The molecule has 146 valence electrons. The maximum atomic E-state index is 12.5. The zero-order chi connectivity index (χ0) is 19.9. The molecule has 1 aliphatic rings. The van der Waals surface area contributed by atoms with E-state index in [0.29, 0.717) is 30.2 Å². The minimum absolute atomic E-state index is 0.0561. The van der Waals surface area contributed by atoms with Gasteiger partial charge in [0, 0.05) is 43.8 Å². The average molecular weight is 400 g/mol. The number of halogens is 1. The van der Waals surface area contributed by atoms with Gasteiger partial charge in [0.1, 0.15) is 0 Å². The summed E-state index contributed by atoms with van der Waals surface area (Å²) in [4.78, 5) is 16.6. The fraction of sp³-hybridized carbons (Fsp3) is 0.333. The van der Waals surface area contributed by atoms with E-state index >= 15 is 0 Å². The largest absolute Gasteiger partial charge is 0.493 e. The van der Waals surface area contributed by atoms with E-state index < -0.39 is 0 Å². The van der Waals surface area contributed by atoms with Gasteiger partial charge in [0.15, 0.2) is 18.1 Å². The molecule has 7 heteroatoms. The summed E-state index contributed by atoms with van der Waals surface area (Å²) in [6.07, 6.45) is 0. The van der Waals surface area contributed by atoms with Gasteiger partial charge in [-0.05, 0) is 29.8 Å².